The lowest BCUT2D eigenvalue weighted by atomic mass is 9.83. The monoisotopic (exact) mass is 370 g/mol. The van der Waals surface area contributed by atoms with Gasteiger partial charge >= 0.3 is 10.3 Å². The number of rotatable bonds is 4. The minimum absolute atomic E-state index is 0.125. The first-order valence-electron chi connectivity index (χ1n) is 8.52. The maximum Gasteiger partial charge on any atom is 0.360 e. The van der Waals surface area contributed by atoms with Crippen molar-refractivity contribution in [1.29, 1.82) is 0 Å². The molecule has 7 nitrogen and oxygen atoms in total. The maximum atomic E-state index is 11.8. The average Bonchev–Trinajstić information content (AvgIpc) is 2.78. The van der Waals surface area contributed by atoms with Gasteiger partial charge in [0.15, 0.2) is 6.23 Å². The Bertz CT molecular complexity index is 741. The van der Waals surface area contributed by atoms with Crippen LogP contribution in [0.1, 0.15) is 33.3 Å². The Morgan fingerprint density at radius 2 is 1.92 bits per heavy atom. The molecule has 2 aliphatic heterocycles. The van der Waals surface area contributed by atoms with E-state index in [1.807, 2.05) is 6.07 Å². The van der Waals surface area contributed by atoms with Crippen LogP contribution in [0.4, 0.5) is 5.69 Å². The van der Waals surface area contributed by atoms with Crippen LogP contribution in [-0.4, -0.2) is 56.4 Å². The molecule has 0 spiro atoms. The number of hydrogen-bond acceptors (Lipinski definition) is 5. The Kier molecular flexibility index (Phi) is 4.74. The molecule has 25 heavy (non-hydrogen) atoms. The number of ether oxygens (including phenoxy) is 2. The third kappa shape index (κ3) is 3.36. The van der Waals surface area contributed by atoms with Gasteiger partial charge in [0, 0.05) is 30.1 Å². The molecule has 8 heteroatoms. The molecule has 0 saturated carbocycles. The predicted molar refractivity (Wildman–Crippen MR) is 95.4 cm³/mol. The number of hydrogen-bond donors (Lipinski definition) is 1. The topological polar surface area (TPSA) is 79.3 Å². The fourth-order valence-electron chi connectivity index (χ4n) is 3.70. The number of morpholine rings is 1. The number of fused-ring (bicyclic) bond motifs is 1. The summed E-state index contributed by atoms with van der Waals surface area (Å²) in [5, 5.41) is 0. The molecule has 1 N–H and O–H groups in total. The van der Waals surface area contributed by atoms with Crippen molar-refractivity contribution >= 4 is 16.0 Å². The molecular weight excluding hydrogens is 344 g/mol. The van der Waals surface area contributed by atoms with Gasteiger partial charge in [-0.05, 0) is 32.0 Å². The minimum atomic E-state index is -4.34. The number of anilines is 1. The van der Waals surface area contributed by atoms with Crippen molar-refractivity contribution in [1.82, 2.24) is 4.90 Å². The summed E-state index contributed by atoms with van der Waals surface area (Å²) in [6, 6.07) is 4.87. The average molecular weight is 370 g/mol. The first-order valence-corrected chi connectivity index (χ1v) is 9.92. The third-order valence-electron chi connectivity index (χ3n) is 4.86. The van der Waals surface area contributed by atoms with Gasteiger partial charge in [-0.1, -0.05) is 13.8 Å². The third-order valence-corrected chi connectivity index (χ3v) is 5.99. The van der Waals surface area contributed by atoms with E-state index in [2.05, 4.69) is 18.7 Å². The fourth-order valence-corrected chi connectivity index (χ4v) is 4.62. The molecule has 0 bridgehead atoms. The highest BCUT2D eigenvalue weighted by Gasteiger charge is 2.45. The Morgan fingerprint density at radius 3 is 2.48 bits per heavy atom. The summed E-state index contributed by atoms with van der Waals surface area (Å²) in [4.78, 5) is 2.26. The van der Waals surface area contributed by atoms with E-state index >= 15 is 0 Å². The van der Waals surface area contributed by atoms with E-state index in [1.165, 1.54) is 0 Å². The van der Waals surface area contributed by atoms with Crippen molar-refractivity contribution in [3.05, 3.63) is 23.8 Å². The second kappa shape index (κ2) is 6.42. The first kappa shape index (κ1) is 18.4. The molecule has 1 saturated heterocycles. The van der Waals surface area contributed by atoms with E-state index in [9.17, 15) is 13.0 Å². The van der Waals surface area contributed by atoms with Gasteiger partial charge in [-0.25, -0.2) is 4.31 Å². The van der Waals surface area contributed by atoms with Crippen LogP contribution in [0.3, 0.4) is 0 Å². The van der Waals surface area contributed by atoms with Crippen molar-refractivity contribution in [3.63, 3.8) is 0 Å². The van der Waals surface area contributed by atoms with Crippen LogP contribution in [0.25, 0.3) is 0 Å². The summed E-state index contributed by atoms with van der Waals surface area (Å²) in [5.41, 5.74) is 1.07. The van der Waals surface area contributed by atoms with Gasteiger partial charge in [-0.15, -0.1) is 0 Å². The maximum absolute atomic E-state index is 11.8. The molecule has 1 aromatic carbocycles. The van der Waals surface area contributed by atoms with Crippen LogP contribution < -0.4 is 9.04 Å². The zero-order valence-electron chi connectivity index (χ0n) is 15.1. The van der Waals surface area contributed by atoms with Gasteiger partial charge in [0.1, 0.15) is 5.75 Å². The van der Waals surface area contributed by atoms with Crippen LogP contribution in [0.2, 0.25) is 0 Å². The summed E-state index contributed by atoms with van der Waals surface area (Å²) in [6.45, 7) is 10.6. The second-order valence-electron chi connectivity index (χ2n) is 7.39. The highest BCUT2D eigenvalue weighted by atomic mass is 32.2. The summed E-state index contributed by atoms with van der Waals surface area (Å²) >= 11 is 0. The van der Waals surface area contributed by atoms with Gasteiger partial charge in [0.05, 0.1) is 18.9 Å². The quantitative estimate of drug-likeness (QED) is 0.817. The van der Waals surface area contributed by atoms with Gasteiger partial charge in [0.2, 0.25) is 0 Å². The van der Waals surface area contributed by atoms with Gasteiger partial charge in [-0.2, -0.15) is 8.42 Å². The molecule has 2 heterocycles. The lowest BCUT2D eigenvalue weighted by molar-refractivity contribution is -0.0612. The van der Waals surface area contributed by atoms with Crippen molar-refractivity contribution in [2.24, 2.45) is 0 Å². The van der Waals surface area contributed by atoms with E-state index < -0.39 is 16.3 Å². The summed E-state index contributed by atoms with van der Waals surface area (Å²) in [5.74, 6) is 0.754. The van der Waals surface area contributed by atoms with E-state index in [4.69, 9.17) is 9.47 Å². The minimum Gasteiger partial charge on any atom is -0.474 e. The summed E-state index contributed by atoms with van der Waals surface area (Å²) < 4.78 is 45.8. The molecule has 140 valence electrons. The van der Waals surface area contributed by atoms with Crippen molar-refractivity contribution in [3.8, 4) is 5.75 Å². The zero-order chi connectivity index (χ0) is 18.4. The summed E-state index contributed by atoms with van der Waals surface area (Å²) in [7, 11) is -4.34. The molecule has 0 amide bonds. The Labute approximate surface area is 149 Å². The largest absolute Gasteiger partial charge is 0.474 e. The molecule has 0 radical (unpaired) electrons. The van der Waals surface area contributed by atoms with E-state index in [0.717, 1.165) is 28.7 Å². The Hall–Kier alpha value is -1.35. The molecule has 0 aliphatic carbocycles. The highest BCUT2D eigenvalue weighted by molar-refractivity contribution is 7.87. The standard InChI is InChI=1S/C17H26N2O5S/c1-12(2)19(25(20,21)22)13-5-6-15-14(11-13)17(3,4)16(24-15)18-7-9-23-10-8-18/h5-6,11-12,16H,7-10H2,1-4H3,(H,20,21,22). The first-order chi connectivity index (χ1) is 11.6. The molecule has 1 atom stereocenters. The van der Waals surface area contributed by atoms with E-state index in [1.54, 1.807) is 26.0 Å². The smallest absolute Gasteiger partial charge is 0.360 e. The highest BCUT2D eigenvalue weighted by Crippen LogP contribution is 2.46. The van der Waals surface area contributed by atoms with E-state index in [-0.39, 0.29) is 11.6 Å². The molecule has 3 rings (SSSR count). The Balaban J connectivity index is 1.97. The molecular formula is C17H26N2O5S. The van der Waals surface area contributed by atoms with Crippen LogP contribution in [-0.2, 0) is 20.5 Å². The van der Waals surface area contributed by atoms with Crippen molar-refractivity contribution in [2.75, 3.05) is 30.6 Å². The lowest BCUT2D eigenvalue weighted by Crippen LogP contribution is -2.52. The number of benzene rings is 1. The SMILES string of the molecule is CC(C)N(c1ccc2c(c1)C(C)(C)C(N1CCOCC1)O2)S(=O)(=O)O. The van der Waals surface area contributed by atoms with Crippen molar-refractivity contribution in [2.45, 2.75) is 45.4 Å². The molecule has 1 aromatic rings. The van der Waals surface area contributed by atoms with Gasteiger partial charge < -0.3 is 9.47 Å². The van der Waals surface area contributed by atoms with Crippen molar-refractivity contribution < 1.29 is 22.4 Å². The summed E-state index contributed by atoms with van der Waals surface area (Å²) in [6.07, 6.45) is -0.125. The van der Waals surface area contributed by atoms with Crippen LogP contribution in [0.5, 0.6) is 5.75 Å². The number of nitrogens with zero attached hydrogens (tertiary/aromatic N) is 2. The normalized spacial score (nSPS) is 23.4. The zero-order valence-corrected chi connectivity index (χ0v) is 15.9. The van der Waals surface area contributed by atoms with Crippen LogP contribution in [0, 0.1) is 0 Å². The van der Waals surface area contributed by atoms with E-state index in [0.29, 0.717) is 18.9 Å². The second-order valence-corrected chi connectivity index (χ2v) is 8.68. The van der Waals surface area contributed by atoms with Crippen LogP contribution in [0.15, 0.2) is 18.2 Å². The predicted octanol–water partition coefficient (Wildman–Crippen LogP) is 2.03. The molecule has 1 unspecified atom stereocenters. The molecule has 1 fully saturated rings. The molecule has 0 aromatic heterocycles. The lowest BCUT2D eigenvalue weighted by Gasteiger charge is -2.38. The van der Waals surface area contributed by atoms with Crippen LogP contribution >= 0.6 is 0 Å². The fraction of sp³-hybridized carbons (Fsp3) is 0.647. The molecule has 2 aliphatic rings. The van der Waals surface area contributed by atoms with Gasteiger partial charge in [0.25, 0.3) is 0 Å². The Morgan fingerprint density at radius 1 is 1.28 bits per heavy atom. The van der Waals surface area contributed by atoms with Gasteiger partial charge in [-0.3, -0.25) is 9.45 Å².